The number of aromatic nitrogens is 2. The maximum Gasteiger partial charge on any atom is 0.273 e. The smallest absolute Gasteiger partial charge is 0.273 e. The predicted octanol–water partition coefficient (Wildman–Crippen LogP) is 0.684. The Hall–Kier alpha value is -1.32. The van der Waals surface area contributed by atoms with Crippen LogP contribution in [0.5, 0.6) is 0 Å². The maximum absolute atomic E-state index is 11.5. The van der Waals surface area contributed by atoms with E-state index in [4.69, 9.17) is 0 Å². The van der Waals surface area contributed by atoms with E-state index in [1.165, 1.54) is 4.90 Å². The lowest BCUT2D eigenvalue weighted by Crippen LogP contribution is -2.22. The molecule has 1 amide bonds. The van der Waals surface area contributed by atoms with Gasteiger partial charge in [-0.25, -0.2) is 0 Å². The second-order valence-corrected chi connectivity index (χ2v) is 3.20. The van der Waals surface area contributed by atoms with E-state index in [1.807, 2.05) is 20.0 Å². The van der Waals surface area contributed by atoms with E-state index in [0.717, 1.165) is 12.1 Å². The molecule has 4 heteroatoms. The van der Waals surface area contributed by atoms with Crippen molar-refractivity contribution in [2.75, 3.05) is 14.1 Å². The minimum absolute atomic E-state index is 0.0460. The monoisotopic (exact) mass is 181 g/mol. The zero-order chi connectivity index (χ0) is 10.0. The summed E-state index contributed by atoms with van der Waals surface area (Å²) in [6, 6.07) is 1.84. The van der Waals surface area contributed by atoms with Crippen molar-refractivity contribution in [3.8, 4) is 0 Å². The fourth-order valence-electron chi connectivity index (χ4n) is 1.17. The van der Waals surface area contributed by atoms with Crippen molar-refractivity contribution in [2.45, 2.75) is 13.3 Å². The van der Waals surface area contributed by atoms with Crippen LogP contribution in [0.2, 0.25) is 0 Å². The fourth-order valence-corrected chi connectivity index (χ4v) is 1.17. The number of amides is 1. The quantitative estimate of drug-likeness (QED) is 0.673. The molecule has 0 saturated heterocycles. The van der Waals surface area contributed by atoms with Crippen LogP contribution < -0.4 is 0 Å². The van der Waals surface area contributed by atoms with E-state index < -0.39 is 0 Å². The number of rotatable bonds is 2. The van der Waals surface area contributed by atoms with Crippen LogP contribution >= 0.6 is 0 Å². The van der Waals surface area contributed by atoms with Crippen molar-refractivity contribution in [1.29, 1.82) is 0 Å². The highest BCUT2D eigenvalue weighted by atomic mass is 16.2. The summed E-state index contributed by atoms with van der Waals surface area (Å²) in [4.78, 5) is 13.0. The molecule has 0 unspecified atom stereocenters. The molecule has 0 aliphatic heterocycles. The highest BCUT2D eigenvalue weighted by molar-refractivity contribution is 5.91. The van der Waals surface area contributed by atoms with E-state index in [2.05, 4.69) is 5.10 Å². The van der Waals surface area contributed by atoms with Crippen molar-refractivity contribution in [3.63, 3.8) is 0 Å². The molecule has 0 saturated carbocycles. The van der Waals surface area contributed by atoms with Gasteiger partial charge >= 0.3 is 0 Å². The first-order chi connectivity index (χ1) is 6.06. The van der Waals surface area contributed by atoms with Gasteiger partial charge in [-0.1, -0.05) is 6.92 Å². The molecule has 0 aliphatic rings. The molecule has 1 heterocycles. The third kappa shape index (κ3) is 1.88. The minimum atomic E-state index is -0.0460. The van der Waals surface area contributed by atoms with Crippen LogP contribution in [0, 0.1) is 0 Å². The Kier molecular flexibility index (Phi) is 2.70. The number of carbonyl (C=O) groups excluding carboxylic acids is 1. The van der Waals surface area contributed by atoms with Gasteiger partial charge in [0.2, 0.25) is 0 Å². The van der Waals surface area contributed by atoms with Gasteiger partial charge in [0.05, 0.1) is 0 Å². The third-order valence-corrected chi connectivity index (χ3v) is 1.96. The molecule has 0 atom stereocenters. The number of hydrogen-bond acceptors (Lipinski definition) is 2. The highest BCUT2D eigenvalue weighted by Gasteiger charge is 2.12. The molecule has 0 spiro atoms. The average molecular weight is 181 g/mol. The lowest BCUT2D eigenvalue weighted by Gasteiger charge is -2.06. The van der Waals surface area contributed by atoms with Crippen LogP contribution in [0.15, 0.2) is 6.07 Å². The molecule has 13 heavy (non-hydrogen) atoms. The SMILES string of the molecule is CCc1cc(C(=O)N(C)C)nn1C. The predicted molar refractivity (Wildman–Crippen MR) is 50.6 cm³/mol. The first-order valence-corrected chi connectivity index (χ1v) is 4.30. The molecule has 72 valence electrons. The summed E-state index contributed by atoms with van der Waals surface area (Å²) < 4.78 is 1.75. The van der Waals surface area contributed by atoms with Crippen molar-refractivity contribution < 1.29 is 4.79 Å². The first-order valence-electron chi connectivity index (χ1n) is 4.30. The van der Waals surface area contributed by atoms with Crippen molar-refractivity contribution in [1.82, 2.24) is 14.7 Å². The van der Waals surface area contributed by atoms with Gasteiger partial charge in [-0.15, -0.1) is 0 Å². The van der Waals surface area contributed by atoms with E-state index in [1.54, 1.807) is 18.8 Å². The molecule has 0 bridgehead atoms. The molecule has 0 aromatic carbocycles. The Morgan fingerprint density at radius 1 is 1.62 bits per heavy atom. The van der Waals surface area contributed by atoms with Crippen LogP contribution in [0.3, 0.4) is 0 Å². The van der Waals surface area contributed by atoms with Crippen LogP contribution in [0.25, 0.3) is 0 Å². The molecule has 1 rings (SSSR count). The van der Waals surface area contributed by atoms with Gasteiger partial charge in [0.1, 0.15) is 0 Å². The molecule has 0 N–H and O–H groups in total. The maximum atomic E-state index is 11.5. The van der Waals surface area contributed by atoms with Crippen molar-refractivity contribution >= 4 is 5.91 Å². The van der Waals surface area contributed by atoms with Crippen LogP contribution in [-0.4, -0.2) is 34.7 Å². The second-order valence-electron chi connectivity index (χ2n) is 3.20. The summed E-state index contributed by atoms with van der Waals surface area (Å²) >= 11 is 0. The van der Waals surface area contributed by atoms with E-state index in [-0.39, 0.29) is 5.91 Å². The molecule has 1 aromatic rings. The Labute approximate surface area is 78.1 Å². The number of hydrogen-bond donors (Lipinski definition) is 0. The third-order valence-electron chi connectivity index (χ3n) is 1.96. The molecular formula is C9H15N3O. The summed E-state index contributed by atoms with van der Waals surface area (Å²) in [5, 5.41) is 4.13. The Balaban J connectivity index is 2.97. The van der Waals surface area contributed by atoms with E-state index >= 15 is 0 Å². The summed E-state index contributed by atoms with van der Waals surface area (Å²) in [5.41, 5.74) is 1.59. The lowest BCUT2D eigenvalue weighted by molar-refractivity contribution is 0.0821. The fraction of sp³-hybridized carbons (Fsp3) is 0.556. The standard InChI is InChI=1S/C9H15N3O/c1-5-7-6-8(10-12(7)4)9(13)11(2)3/h6H,5H2,1-4H3. The van der Waals surface area contributed by atoms with Gasteiger partial charge in [0.25, 0.3) is 5.91 Å². The Morgan fingerprint density at radius 2 is 2.23 bits per heavy atom. The van der Waals surface area contributed by atoms with Gasteiger partial charge in [0, 0.05) is 26.8 Å². The van der Waals surface area contributed by atoms with Crippen LogP contribution in [0.1, 0.15) is 23.1 Å². The summed E-state index contributed by atoms with van der Waals surface area (Å²) in [5.74, 6) is -0.0460. The van der Waals surface area contributed by atoms with E-state index in [0.29, 0.717) is 5.69 Å². The van der Waals surface area contributed by atoms with Crippen LogP contribution in [-0.2, 0) is 13.5 Å². The van der Waals surface area contributed by atoms with Gasteiger partial charge in [-0.3, -0.25) is 9.48 Å². The second kappa shape index (κ2) is 3.60. The normalized spacial score (nSPS) is 10.2. The molecule has 1 aromatic heterocycles. The molecule has 0 fully saturated rings. The Morgan fingerprint density at radius 3 is 2.62 bits per heavy atom. The summed E-state index contributed by atoms with van der Waals surface area (Å²) in [6.45, 7) is 2.04. The molecule has 0 radical (unpaired) electrons. The highest BCUT2D eigenvalue weighted by Crippen LogP contribution is 2.05. The minimum Gasteiger partial charge on any atom is -0.343 e. The van der Waals surface area contributed by atoms with E-state index in [9.17, 15) is 4.79 Å². The topological polar surface area (TPSA) is 38.1 Å². The van der Waals surface area contributed by atoms with Crippen molar-refractivity contribution in [3.05, 3.63) is 17.5 Å². The van der Waals surface area contributed by atoms with Crippen molar-refractivity contribution in [2.24, 2.45) is 7.05 Å². The molecule has 0 aliphatic carbocycles. The largest absolute Gasteiger partial charge is 0.343 e. The summed E-state index contributed by atoms with van der Waals surface area (Å²) in [6.07, 6.45) is 0.893. The van der Waals surface area contributed by atoms with Gasteiger partial charge in [0.15, 0.2) is 5.69 Å². The lowest BCUT2D eigenvalue weighted by atomic mass is 10.3. The van der Waals surface area contributed by atoms with Gasteiger partial charge < -0.3 is 4.90 Å². The zero-order valence-electron chi connectivity index (χ0n) is 8.53. The van der Waals surface area contributed by atoms with Gasteiger partial charge in [-0.05, 0) is 12.5 Å². The first kappa shape index (κ1) is 9.77. The molecule has 4 nitrogen and oxygen atoms in total. The average Bonchev–Trinajstić information content (AvgIpc) is 2.45. The molecular weight excluding hydrogens is 166 g/mol. The number of aryl methyl sites for hydroxylation is 2. The Bertz CT molecular complexity index is 315. The van der Waals surface area contributed by atoms with Gasteiger partial charge in [-0.2, -0.15) is 5.10 Å². The van der Waals surface area contributed by atoms with Crippen LogP contribution in [0.4, 0.5) is 0 Å². The number of carbonyl (C=O) groups is 1. The summed E-state index contributed by atoms with van der Waals surface area (Å²) in [7, 11) is 5.30. The number of nitrogens with zero attached hydrogens (tertiary/aromatic N) is 3. The zero-order valence-corrected chi connectivity index (χ0v) is 8.53.